The van der Waals surface area contributed by atoms with Gasteiger partial charge in [0.2, 0.25) is 0 Å². The van der Waals surface area contributed by atoms with Crippen LogP contribution >= 0.6 is 11.6 Å². The third-order valence-electron chi connectivity index (χ3n) is 3.43. The Hall–Kier alpha value is -1.32. The van der Waals surface area contributed by atoms with Gasteiger partial charge in [-0.15, -0.1) is 0 Å². The van der Waals surface area contributed by atoms with Crippen LogP contribution in [0.1, 0.15) is 37.6 Å². The molecule has 21 heavy (non-hydrogen) atoms. The second kappa shape index (κ2) is 6.63. The van der Waals surface area contributed by atoms with Crippen molar-refractivity contribution in [3.8, 4) is 0 Å². The van der Waals surface area contributed by atoms with Crippen molar-refractivity contribution in [1.82, 2.24) is 15.1 Å². The van der Waals surface area contributed by atoms with Gasteiger partial charge in [0.15, 0.2) is 0 Å². The van der Waals surface area contributed by atoms with Crippen LogP contribution in [-0.4, -0.2) is 16.3 Å². The van der Waals surface area contributed by atoms with E-state index in [1.165, 1.54) is 16.8 Å². The summed E-state index contributed by atoms with van der Waals surface area (Å²) in [6, 6.07) is 8.04. The first-order chi connectivity index (χ1) is 9.86. The molecular weight excluding hydrogens is 282 g/mol. The Balaban J connectivity index is 1.88. The van der Waals surface area contributed by atoms with Crippen LogP contribution in [0.4, 0.5) is 0 Å². The summed E-state index contributed by atoms with van der Waals surface area (Å²) in [6.45, 7) is 8.40. The molecule has 0 spiro atoms. The first-order valence-electron chi connectivity index (χ1n) is 7.34. The SMILES string of the molecule is Cn1cc(CNCCc2ccc(Cl)cc2)c(C(C)(C)C)n1. The minimum atomic E-state index is 0.0778. The Labute approximate surface area is 132 Å². The minimum absolute atomic E-state index is 0.0778. The van der Waals surface area contributed by atoms with Crippen LogP contribution in [0.25, 0.3) is 0 Å². The maximum atomic E-state index is 5.89. The van der Waals surface area contributed by atoms with Gasteiger partial charge < -0.3 is 5.32 Å². The molecule has 0 bridgehead atoms. The molecule has 1 aromatic heterocycles. The molecule has 0 aliphatic rings. The zero-order chi connectivity index (χ0) is 15.5. The highest BCUT2D eigenvalue weighted by Gasteiger charge is 2.21. The van der Waals surface area contributed by atoms with E-state index >= 15 is 0 Å². The lowest BCUT2D eigenvalue weighted by molar-refractivity contribution is 0.543. The molecule has 0 saturated heterocycles. The number of hydrogen-bond donors (Lipinski definition) is 1. The van der Waals surface area contributed by atoms with Gasteiger partial charge >= 0.3 is 0 Å². The van der Waals surface area contributed by atoms with E-state index in [4.69, 9.17) is 11.6 Å². The normalized spacial score (nSPS) is 11.9. The predicted octanol–water partition coefficient (Wildman–Crippen LogP) is 3.70. The van der Waals surface area contributed by atoms with E-state index in [-0.39, 0.29) is 5.41 Å². The molecule has 0 saturated carbocycles. The number of aromatic nitrogens is 2. The number of halogens is 1. The largest absolute Gasteiger partial charge is 0.312 e. The van der Waals surface area contributed by atoms with Crippen LogP contribution in [0.5, 0.6) is 0 Å². The highest BCUT2D eigenvalue weighted by molar-refractivity contribution is 6.30. The van der Waals surface area contributed by atoms with E-state index < -0.39 is 0 Å². The highest BCUT2D eigenvalue weighted by Crippen LogP contribution is 2.23. The molecule has 1 heterocycles. The second-order valence-corrected chi connectivity index (χ2v) is 6.92. The summed E-state index contributed by atoms with van der Waals surface area (Å²) in [5.74, 6) is 0. The summed E-state index contributed by atoms with van der Waals surface area (Å²) < 4.78 is 1.90. The minimum Gasteiger partial charge on any atom is -0.312 e. The molecule has 2 aromatic rings. The summed E-state index contributed by atoms with van der Waals surface area (Å²) in [5.41, 5.74) is 3.83. The van der Waals surface area contributed by atoms with Gasteiger partial charge in [-0.25, -0.2) is 0 Å². The van der Waals surface area contributed by atoms with Gasteiger partial charge in [0, 0.05) is 35.8 Å². The molecule has 1 aromatic carbocycles. The lowest BCUT2D eigenvalue weighted by atomic mass is 9.89. The zero-order valence-corrected chi connectivity index (χ0v) is 14.0. The van der Waals surface area contributed by atoms with E-state index in [2.05, 4.69) is 49.5 Å². The number of rotatable bonds is 5. The molecule has 0 radical (unpaired) electrons. The third kappa shape index (κ3) is 4.58. The van der Waals surface area contributed by atoms with Crippen LogP contribution in [-0.2, 0) is 25.4 Å². The van der Waals surface area contributed by atoms with Gasteiger partial charge in [0.25, 0.3) is 0 Å². The summed E-state index contributed by atoms with van der Waals surface area (Å²) in [5, 5.41) is 8.88. The fraction of sp³-hybridized carbons (Fsp3) is 0.471. The molecule has 1 N–H and O–H groups in total. The van der Waals surface area contributed by atoms with Crippen molar-refractivity contribution in [1.29, 1.82) is 0 Å². The number of aryl methyl sites for hydroxylation is 1. The Morgan fingerprint density at radius 2 is 1.86 bits per heavy atom. The molecule has 0 unspecified atom stereocenters. The van der Waals surface area contributed by atoms with E-state index in [1.54, 1.807) is 0 Å². The standard InChI is InChI=1S/C17H24ClN3/c1-17(2,3)16-14(12-21(4)20-16)11-19-10-9-13-5-7-15(18)8-6-13/h5-8,12,19H,9-11H2,1-4H3. The topological polar surface area (TPSA) is 29.9 Å². The van der Waals surface area contributed by atoms with Crippen LogP contribution in [0.15, 0.2) is 30.5 Å². The maximum Gasteiger partial charge on any atom is 0.0722 e. The summed E-state index contributed by atoms with van der Waals surface area (Å²) >= 11 is 5.89. The van der Waals surface area contributed by atoms with Gasteiger partial charge in [-0.05, 0) is 30.7 Å². The van der Waals surface area contributed by atoms with Gasteiger partial charge in [-0.1, -0.05) is 44.5 Å². The van der Waals surface area contributed by atoms with Crippen LogP contribution in [0.3, 0.4) is 0 Å². The molecule has 0 amide bonds. The smallest absolute Gasteiger partial charge is 0.0722 e. The van der Waals surface area contributed by atoms with Crippen molar-refractivity contribution in [2.75, 3.05) is 6.54 Å². The fourth-order valence-corrected chi connectivity index (χ4v) is 2.53. The second-order valence-electron chi connectivity index (χ2n) is 6.48. The van der Waals surface area contributed by atoms with E-state index in [1.807, 2.05) is 23.9 Å². The molecule has 0 aliphatic heterocycles. The van der Waals surface area contributed by atoms with Crippen LogP contribution in [0, 0.1) is 0 Å². The van der Waals surface area contributed by atoms with Crippen LogP contribution < -0.4 is 5.32 Å². The Morgan fingerprint density at radius 1 is 1.19 bits per heavy atom. The molecule has 0 fully saturated rings. The fourth-order valence-electron chi connectivity index (χ4n) is 2.41. The van der Waals surface area contributed by atoms with Gasteiger partial charge in [0.05, 0.1) is 5.69 Å². The summed E-state index contributed by atoms with van der Waals surface area (Å²) in [7, 11) is 1.98. The Kier molecular flexibility index (Phi) is 5.07. The highest BCUT2D eigenvalue weighted by atomic mass is 35.5. The molecule has 0 aliphatic carbocycles. The summed E-state index contributed by atoms with van der Waals surface area (Å²) in [6.07, 6.45) is 3.11. The van der Waals surface area contributed by atoms with Crippen molar-refractivity contribution < 1.29 is 0 Å². The van der Waals surface area contributed by atoms with E-state index in [0.717, 1.165) is 24.5 Å². The lowest BCUT2D eigenvalue weighted by Gasteiger charge is -2.17. The number of benzene rings is 1. The summed E-state index contributed by atoms with van der Waals surface area (Å²) in [4.78, 5) is 0. The number of nitrogens with zero attached hydrogens (tertiary/aromatic N) is 2. The van der Waals surface area contributed by atoms with Crippen molar-refractivity contribution in [2.24, 2.45) is 7.05 Å². The third-order valence-corrected chi connectivity index (χ3v) is 3.69. The molecule has 0 atom stereocenters. The number of nitrogens with one attached hydrogen (secondary N) is 1. The van der Waals surface area contributed by atoms with Crippen molar-refractivity contribution in [2.45, 2.75) is 39.2 Å². The van der Waals surface area contributed by atoms with Crippen molar-refractivity contribution in [3.63, 3.8) is 0 Å². The molecule has 2 rings (SSSR count). The Morgan fingerprint density at radius 3 is 2.48 bits per heavy atom. The van der Waals surface area contributed by atoms with Gasteiger partial charge in [-0.3, -0.25) is 4.68 Å². The zero-order valence-electron chi connectivity index (χ0n) is 13.3. The first kappa shape index (κ1) is 16.1. The molecule has 114 valence electrons. The van der Waals surface area contributed by atoms with E-state index in [9.17, 15) is 0 Å². The lowest BCUT2D eigenvalue weighted by Crippen LogP contribution is -2.20. The average Bonchev–Trinajstić information content (AvgIpc) is 2.78. The first-order valence-corrected chi connectivity index (χ1v) is 7.72. The average molecular weight is 306 g/mol. The van der Waals surface area contributed by atoms with E-state index in [0.29, 0.717) is 0 Å². The molecule has 4 heteroatoms. The monoisotopic (exact) mass is 305 g/mol. The Bertz CT molecular complexity index is 579. The van der Waals surface area contributed by atoms with Crippen molar-refractivity contribution >= 4 is 11.6 Å². The quantitative estimate of drug-likeness (QED) is 0.854. The maximum absolute atomic E-state index is 5.89. The van der Waals surface area contributed by atoms with Crippen molar-refractivity contribution in [3.05, 3.63) is 52.3 Å². The molecule has 3 nitrogen and oxygen atoms in total. The molecular formula is C17H24ClN3. The van der Waals surface area contributed by atoms with Gasteiger partial charge in [-0.2, -0.15) is 5.10 Å². The number of hydrogen-bond acceptors (Lipinski definition) is 2. The van der Waals surface area contributed by atoms with Crippen LogP contribution in [0.2, 0.25) is 5.02 Å². The predicted molar refractivity (Wildman–Crippen MR) is 88.8 cm³/mol. The van der Waals surface area contributed by atoms with Gasteiger partial charge in [0.1, 0.15) is 0 Å².